The van der Waals surface area contributed by atoms with Gasteiger partial charge in [-0.25, -0.2) is 0 Å². The van der Waals surface area contributed by atoms with Crippen LogP contribution < -0.4 is 15.1 Å². The monoisotopic (exact) mass is 569 g/mol. The third kappa shape index (κ3) is 4.88. The average molecular weight is 570 g/mol. The lowest BCUT2D eigenvalue weighted by molar-refractivity contribution is 0.438. The zero-order valence-corrected chi connectivity index (χ0v) is 25.1. The van der Waals surface area contributed by atoms with E-state index in [0.29, 0.717) is 5.11 Å². The van der Waals surface area contributed by atoms with Crippen molar-refractivity contribution in [3.05, 3.63) is 106 Å². The summed E-state index contributed by atoms with van der Waals surface area (Å²) in [6, 6.07) is 23.2. The molecule has 206 valence electrons. The van der Waals surface area contributed by atoms with Crippen LogP contribution in [0.15, 0.2) is 72.9 Å². The zero-order valence-electron chi connectivity index (χ0n) is 23.6. The fourth-order valence-electron chi connectivity index (χ4n) is 6.35. The average Bonchev–Trinajstić information content (AvgIpc) is 3.44. The third-order valence-corrected chi connectivity index (χ3v) is 9.10. The second kappa shape index (κ2) is 10.9. The number of aryl methyl sites for hydroxylation is 2. The molecule has 6 rings (SSSR count). The minimum atomic E-state index is -0.109. The maximum atomic E-state index is 6.98. The molecule has 0 radical (unpaired) electrons. The maximum Gasteiger partial charge on any atom is 0.174 e. The van der Waals surface area contributed by atoms with Crippen LogP contribution in [0.3, 0.4) is 0 Å². The summed E-state index contributed by atoms with van der Waals surface area (Å²) in [5, 5.41) is 5.05. The Morgan fingerprint density at radius 2 is 1.73 bits per heavy atom. The van der Waals surface area contributed by atoms with Gasteiger partial charge in [0, 0.05) is 42.0 Å². The Kier molecular flexibility index (Phi) is 7.32. The normalized spacial score (nSPS) is 19.8. The molecule has 1 N–H and O–H groups in total. The van der Waals surface area contributed by atoms with Gasteiger partial charge in [-0.05, 0) is 111 Å². The molecule has 0 bridgehead atoms. The summed E-state index contributed by atoms with van der Waals surface area (Å²) in [7, 11) is 0. The lowest BCUT2D eigenvalue weighted by Gasteiger charge is -2.33. The van der Waals surface area contributed by atoms with Gasteiger partial charge in [-0.1, -0.05) is 36.7 Å². The second-order valence-electron chi connectivity index (χ2n) is 11.3. The highest BCUT2D eigenvalue weighted by Crippen LogP contribution is 2.45. The molecule has 0 amide bonds. The molecule has 2 atom stereocenters. The number of hydrogen-bond acceptors (Lipinski definition) is 3. The third-order valence-electron chi connectivity index (χ3n) is 8.48. The summed E-state index contributed by atoms with van der Waals surface area (Å²) in [4.78, 5) is 9.38. The van der Waals surface area contributed by atoms with E-state index in [2.05, 4.69) is 102 Å². The highest BCUT2D eigenvalue weighted by atomic mass is 35.5. The van der Waals surface area contributed by atoms with Crippen molar-refractivity contribution in [1.29, 1.82) is 0 Å². The Morgan fingerprint density at radius 3 is 2.42 bits per heavy atom. The summed E-state index contributed by atoms with van der Waals surface area (Å²) in [5.74, 6) is 0.769. The molecule has 7 heteroatoms. The van der Waals surface area contributed by atoms with Crippen molar-refractivity contribution < 1.29 is 0 Å². The number of rotatable bonds is 5. The molecule has 0 unspecified atom stereocenters. The van der Waals surface area contributed by atoms with Gasteiger partial charge in [0.15, 0.2) is 5.11 Å². The van der Waals surface area contributed by atoms with E-state index < -0.39 is 0 Å². The first kappa shape index (κ1) is 26.9. The van der Waals surface area contributed by atoms with Crippen molar-refractivity contribution in [1.82, 2.24) is 14.9 Å². The van der Waals surface area contributed by atoms with Gasteiger partial charge in [0.2, 0.25) is 0 Å². The molecular formula is C33H36ClN5S. The molecule has 4 heterocycles. The molecule has 5 nitrogen and oxygen atoms in total. The van der Waals surface area contributed by atoms with Crippen molar-refractivity contribution >= 4 is 40.3 Å². The largest absolute Gasteiger partial charge is 0.370 e. The summed E-state index contributed by atoms with van der Waals surface area (Å²) in [6.07, 6.45) is 4.24. The molecule has 4 aromatic rings. The Morgan fingerprint density at radius 1 is 0.925 bits per heavy atom. The zero-order chi connectivity index (χ0) is 28.0. The lowest BCUT2D eigenvalue weighted by Crippen LogP contribution is -2.33. The standard InChI is InChI=1S/C33H36ClN5S/c1-21-13-16-37(17-14-21)30-12-11-26(20-28(30)34)39-32(31(36-33(39)40)29-10-5-6-15-35-29)27-19-23(3)38(24(27)4)25-9-7-8-22(2)18-25/h5-12,15,18-21,31-32H,13-14,16-17H2,1-4H3,(H,36,40)/t31-,32+/m0/s1. The maximum absolute atomic E-state index is 6.98. The van der Waals surface area contributed by atoms with Gasteiger partial charge in [-0.15, -0.1) is 0 Å². The predicted octanol–water partition coefficient (Wildman–Crippen LogP) is 7.86. The van der Waals surface area contributed by atoms with Crippen LogP contribution in [0.1, 0.15) is 60.1 Å². The minimum Gasteiger partial charge on any atom is -0.370 e. The molecule has 0 spiro atoms. The van der Waals surface area contributed by atoms with E-state index in [1.165, 1.54) is 41.0 Å². The van der Waals surface area contributed by atoms with Gasteiger partial charge in [-0.3, -0.25) is 4.98 Å². The number of aromatic nitrogens is 2. The Hall–Kier alpha value is -3.35. The first-order valence-corrected chi connectivity index (χ1v) is 14.9. The fraction of sp³-hybridized carbons (Fsp3) is 0.333. The van der Waals surface area contributed by atoms with Crippen LogP contribution in [-0.2, 0) is 0 Å². The van der Waals surface area contributed by atoms with Crippen molar-refractivity contribution in [3.63, 3.8) is 0 Å². The quantitative estimate of drug-likeness (QED) is 0.247. The van der Waals surface area contributed by atoms with Crippen LogP contribution in [0, 0.1) is 26.7 Å². The number of halogens is 1. The summed E-state index contributed by atoms with van der Waals surface area (Å²) < 4.78 is 2.34. The van der Waals surface area contributed by atoms with Crippen LogP contribution in [0.2, 0.25) is 5.02 Å². The molecule has 40 heavy (non-hydrogen) atoms. The number of pyridine rings is 1. The van der Waals surface area contributed by atoms with Gasteiger partial charge < -0.3 is 19.7 Å². The van der Waals surface area contributed by atoms with Gasteiger partial charge in [0.25, 0.3) is 0 Å². The van der Waals surface area contributed by atoms with E-state index in [9.17, 15) is 0 Å². The SMILES string of the molecule is Cc1cccc(-n2c(C)cc([C@@H]3[C@H](c4ccccn4)NC(=S)N3c3ccc(N4CCC(C)CC4)c(Cl)c3)c2C)c1. The smallest absolute Gasteiger partial charge is 0.174 e. The summed E-state index contributed by atoms with van der Waals surface area (Å²) in [6.45, 7) is 10.9. The molecule has 2 saturated heterocycles. The Labute approximate surface area is 247 Å². The van der Waals surface area contributed by atoms with Crippen molar-refractivity contribution in [3.8, 4) is 5.69 Å². The van der Waals surface area contributed by atoms with E-state index in [-0.39, 0.29) is 12.1 Å². The highest BCUT2D eigenvalue weighted by molar-refractivity contribution is 7.80. The van der Waals surface area contributed by atoms with Crippen molar-refractivity contribution in [2.45, 2.75) is 52.6 Å². The van der Waals surface area contributed by atoms with Crippen LogP contribution in [-0.4, -0.2) is 27.8 Å². The summed E-state index contributed by atoms with van der Waals surface area (Å²) in [5.41, 5.74) is 9.04. The molecule has 0 aliphatic carbocycles. The molecule has 2 aromatic carbocycles. The highest BCUT2D eigenvalue weighted by Gasteiger charge is 2.42. The van der Waals surface area contributed by atoms with Crippen LogP contribution >= 0.6 is 23.8 Å². The van der Waals surface area contributed by atoms with E-state index >= 15 is 0 Å². The number of piperidine rings is 1. The number of hydrogen-bond donors (Lipinski definition) is 1. The Balaban J connectivity index is 1.44. The van der Waals surface area contributed by atoms with Gasteiger partial charge in [-0.2, -0.15) is 0 Å². The first-order valence-electron chi connectivity index (χ1n) is 14.1. The molecule has 2 aliphatic rings. The Bertz CT molecular complexity index is 1540. The van der Waals surface area contributed by atoms with Gasteiger partial charge in [0.05, 0.1) is 28.5 Å². The fourth-order valence-corrected chi connectivity index (χ4v) is 6.99. The summed E-state index contributed by atoms with van der Waals surface area (Å²) >= 11 is 13.0. The van der Waals surface area contributed by atoms with Crippen molar-refractivity contribution in [2.24, 2.45) is 5.92 Å². The van der Waals surface area contributed by atoms with Crippen LogP contribution in [0.4, 0.5) is 11.4 Å². The number of benzene rings is 2. The minimum absolute atomic E-state index is 0.0927. The van der Waals surface area contributed by atoms with E-state index in [4.69, 9.17) is 28.8 Å². The van der Waals surface area contributed by atoms with E-state index in [1.54, 1.807) is 0 Å². The number of nitrogens with one attached hydrogen (secondary N) is 1. The lowest BCUT2D eigenvalue weighted by atomic mass is 9.96. The number of thiocarbonyl (C=S) groups is 1. The molecular weight excluding hydrogens is 534 g/mol. The van der Waals surface area contributed by atoms with E-state index in [0.717, 1.165) is 41.1 Å². The van der Waals surface area contributed by atoms with Crippen LogP contribution in [0.25, 0.3) is 5.69 Å². The van der Waals surface area contributed by atoms with Gasteiger partial charge >= 0.3 is 0 Å². The van der Waals surface area contributed by atoms with Gasteiger partial charge in [0.1, 0.15) is 0 Å². The van der Waals surface area contributed by atoms with E-state index in [1.807, 2.05) is 18.3 Å². The van der Waals surface area contributed by atoms with Crippen LogP contribution in [0.5, 0.6) is 0 Å². The number of nitrogens with zero attached hydrogens (tertiary/aromatic N) is 4. The number of anilines is 2. The molecule has 2 aliphatic heterocycles. The molecule has 2 aromatic heterocycles. The first-order chi connectivity index (χ1) is 19.3. The molecule has 0 saturated carbocycles. The van der Waals surface area contributed by atoms with Crippen molar-refractivity contribution in [2.75, 3.05) is 22.9 Å². The predicted molar refractivity (Wildman–Crippen MR) is 170 cm³/mol. The second-order valence-corrected chi connectivity index (χ2v) is 12.1. The topological polar surface area (TPSA) is 36.3 Å². The molecule has 2 fully saturated rings.